The molecule has 1 aromatic heterocycles. The average Bonchev–Trinajstić information content (AvgIpc) is 2.43. The first kappa shape index (κ1) is 14.6. The largest absolute Gasteiger partial charge is 0.491 e. The fraction of sp³-hybridized carbons (Fsp3) is 0.389. The molecular weight excluding hydrogens is 246 g/mol. The Morgan fingerprint density at radius 3 is 2.50 bits per heavy atom. The highest BCUT2D eigenvalue weighted by Crippen LogP contribution is 2.21. The van der Waals surface area contributed by atoms with E-state index < -0.39 is 0 Å². The summed E-state index contributed by atoms with van der Waals surface area (Å²) in [6, 6.07) is 12.7. The number of hydrogen-bond donors (Lipinski definition) is 0. The van der Waals surface area contributed by atoms with Crippen LogP contribution < -0.4 is 9.30 Å². The molecule has 0 atom stereocenters. The molecule has 0 amide bonds. The molecule has 0 aliphatic rings. The Morgan fingerprint density at radius 2 is 1.85 bits per heavy atom. The van der Waals surface area contributed by atoms with Gasteiger partial charge in [-0.3, -0.25) is 0 Å². The number of aryl methyl sites for hydroxylation is 3. The van der Waals surface area contributed by atoms with Crippen molar-refractivity contribution in [3.05, 3.63) is 59.9 Å². The van der Waals surface area contributed by atoms with E-state index in [1.54, 1.807) is 0 Å². The highest BCUT2D eigenvalue weighted by Gasteiger charge is 2.04. The van der Waals surface area contributed by atoms with Gasteiger partial charge in [0.25, 0.3) is 0 Å². The fourth-order valence-electron chi connectivity index (χ4n) is 2.30. The molecule has 0 saturated carbocycles. The van der Waals surface area contributed by atoms with Crippen LogP contribution in [0.25, 0.3) is 0 Å². The molecule has 2 rings (SSSR count). The standard InChI is InChI=1S/C18H24NO/c1-15(2)20-18-10-9-17(14-16(18)3)8-7-13-19-11-5-4-6-12-19/h4-6,9-12,14-15H,7-8,13H2,1-3H3/q+1. The third-order valence-corrected chi connectivity index (χ3v) is 3.26. The molecule has 2 aromatic rings. The molecule has 1 aromatic carbocycles. The number of pyridine rings is 1. The second-order valence-electron chi connectivity index (χ2n) is 5.48. The zero-order chi connectivity index (χ0) is 14.4. The van der Waals surface area contributed by atoms with E-state index in [4.69, 9.17) is 4.74 Å². The number of ether oxygens (including phenoxy) is 1. The second kappa shape index (κ2) is 7.09. The van der Waals surface area contributed by atoms with Crippen LogP contribution in [0, 0.1) is 6.92 Å². The van der Waals surface area contributed by atoms with Crippen molar-refractivity contribution in [3.8, 4) is 5.75 Å². The van der Waals surface area contributed by atoms with Crippen molar-refractivity contribution in [1.29, 1.82) is 0 Å². The zero-order valence-corrected chi connectivity index (χ0v) is 12.7. The lowest BCUT2D eigenvalue weighted by Gasteiger charge is -2.13. The quantitative estimate of drug-likeness (QED) is 0.729. The van der Waals surface area contributed by atoms with Crippen LogP contribution in [0.3, 0.4) is 0 Å². The van der Waals surface area contributed by atoms with E-state index in [1.807, 2.05) is 6.07 Å². The summed E-state index contributed by atoms with van der Waals surface area (Å²) >= 11 is 0. The Hall–Kier alpha value is -1.83. The fourth-order valence-corrected chi connectivity index (χ4v) is 2.30. The first-order valence-corrected chi connectivity index (χ1v) is 7.35. The van der Waals surface area contributed by atoms with Gasteiger partial charge in [-0.15, -0.1) is 0 Å². The second-order valence-corrected chi connectivity index (χ2v) is 5.48. The van der Waals surface area contributed by atoms with Gasteiger partial charge in [-0.05, 0) is 44.4 Å². The summed E-state index contributed by atoms with van der Waals surface area (Å²) in [7, 11) is 0. The predicted molar refractivity (Wildman–Crippen MR) is 81.9 cm³/mol. The number of nitrogens with zero attached hydrogens (tertiary/aromatic N) is 1. The van der Waals surface area contributed by atoms with E-state index in [0.29, 0.717) is 0 Å². The normalized spacial score (nSPS) is 10.8. The zero-order valence-electron chi connectivity index (χ0n) is 12.7. The molecule has 0 aliphatic carbocycles. The Balaban J connectivity index is 1.89. The van der Waals surface area contributed by atoms with E-state index in [-0.39, 0.29) is 6.10 Å². The summed E-state index contributed by atoms with van der Waals surface area (Å²) < 4.78 is 7.99. The lowest BCUT2D eigenvalue weighted by atomic mass is 10.1. The molecule has 2 nitrogen and oxygen atoms in total. The molecule has 0 saturated heterocycles. The summed E-state index contributed by atoms with van der Waals surface area (Å²) in [5.41, 5.74) is 2.61. The van der Waals surface area contributed by atoms with Gasteiger partial charge in [0.2, 0.25) is 0 Å². The van der Waals surface area contributed by atoms with Gasteiger partial charge in [0.05, 0.1) is 6.10 Å². The maximum absolute atomic E-state index is 5.77. The van der Waals surface area contributed by atoms with Crippen LogP contribution in [0.5, 0.6) is 5.75 Å². The minimum Gasteiger partial charge on any atom is -0.491 e. The minimum atomic E-state index is 0.231. The van der Waals surface area contributed by atoms with Crippen molar-refractivity contribution in [3.63, 3.8) is 0 Å². The van der Waals surface area contributed by atoms with E-state index in [9.17, 15) is 0 Å². The van der Waals surface area contributed by atoms with Crippen molar-refractivity contribution in [1.82, 2.24) is 0 Å². The van der Waals surface area contributed by atoms with Crippen molar-refractivity contribution in [2.24, 2.45) is 0 Å². The van der Waals surface area contributed by atoms with Gasteiger partial charge in [-0.25, -0.2) is 4.57 Å². The van der Waals surface area contributed by atoms with Gasteiger partial charge in [-0.1, -0.05) is 18.2 Å². The molecule has 1 heterocycles. The summed E-state index contributed by atoms with van der Waals surface area (Å²) in [6.07, 6.45) is 6.72. The topological polar surface area (TPSA) is 13.1 Å². The summed E-state index contributed by atoms with van der Waals surface area (Å²) in [5.74, 6) is 1.00. The van der Waals surface area contributed by atoms with E-state index >= 15 is 0 Å². The Labute approximate surface area is 122 Å². The summed E-state index contributed by atoms with van der Waals surface area (Å²) in [5, 5.41) is 0. The van der Waals surface area contributed by atoms with Gasteiger partial charge in [0.1, 0.15) is 12.3 Å². The van der Waals surface area contributed by atoms with Crippen LogP contribution in [0.1, 0.15) is 31.4 Å². The molecule has 106 valence electrons. The van der Waals surface area contributed by atoms with Crippen LogP contribution in [0.15, 0.2) is 48.8 Å². The molecule has 0 unspecified atom stereocenters. The van der Waals surface area contributed by atoms with Crippen LogP contribution in [0.4, 0.5) is 0 Å². The smallest absolute Gasteiger partial charge is 0.168 e. The monoisotopic (exact) mass is 270 g/mol. The maximum Gasteiger partial charge on any atom is 0.168 e. The predicted octanol–water partition coefficient (Wildman–Crippen LogP) is 3.70. The van der Waals surface area contributed by atoms with Crippen molar-refractivity contribution in [2.45, 2.75) is 46.3 Å². The molecule has 20 heavy (non-hydrogen) atoms. The lowest BCUT2D eigenvalue weighted by molar-refractivity contribution is -0.697. The first-order chi connectivity index (χ1) is 9.65. The molecule has 0 fully saturated rings. The van der Waals surface area contributed by atoms with Gasteiger partial charge in [0.15, 0.2) is 12.4 Å². The van der Waals surface area contributed by atoms with Crippen LogP contribution in [0.2, 0.25) is 0 Å². The van der Waals surface area contributed by atoms with E-state index in [1.165, 1.54) is 11.1 Å². The summed E-state index contributed by atoms with van der Waals surface area (Å²) in [6.45, 7) is 7.30. The Bertz CT molecular complexity index is 534. The van der Waals surface area contributed by atoms with Gasteiger partial charge < -0.3 is 4.74 Å². The average molecular weight is 270 g/mol. The van der Waals surface area contributed by atoms with Gasteiger partial charge >= 0.3 is 0 Å². The van der Waals surface area contributed by atoms with E-state index in [0.717, 1.165) is 25.1 Å². The highest BCUT2D eigenvalue weighted by molar-refractivity contribution is 5.36. The molecular formula is C18H24NO+. The summed E-state index contributed by atoms with van der Waals surface area (Å²) in [4.78, 5) is 0. The SMILES string of the molecule is Cc1cc(CCC[n+]2ccccc2)ccc1OC(C)C. The number of benzene rings is 1. The number of rotatable bonds is 6. The third kappa shape index (κ3) is 4.37. The Morgan fingerprint density at radius 1 is 1.10 bits per heavy atom. The lowest BCUT2D eigenvalue weighted by Crippen LogP contribution is -2.32. The Kier molecular flexibility index (Phi) is 5.16. The number of aromatic nitrogens is 1. The van der Waals surface area contributed by atoms with Crippen LogP contribution in [-0.2, 0) is 13.0 Å². The molecule has 2 heteroatoms. The van der Waals surface area contributed by atoms with Crippen LogP contribution in [-0.4, -0.2) is 6.10 Å². The van der Waals surface area contributed by atoms with Crippen molar-refractivity contribution < 1.29 is 9.30 Å². The van der Waals surface area contributed by atoms with Crippen molar-refractivity contribution >= 4 is 0 Å². The van der Waals surface area contributed by atoms with Gasteiger partial charge in [-0.2, -0.15) is 0 Å². The van der Waals surface area contributed by atoms with E-state index in [2.05, 4.69) is 68.1 Å². The molecule has 0 aliphatic heterocycles. The van der Waals surface area contributed by atoms with Crippen molar-refractivity contribution in [2.75, 3.05) is 0 Å². The molecule has 0 bridgehead atoms. The molecule has 0 N–H and O–H groups in total. The third-order valence-electron chi connectivity index (χ3n) is 3.26. The molecule has 0 spiro atoms. The minimum absolute atomic E-state index is 0.231. The maximum atomic E-state index is 5.77. The molecule has 0 radical (unpaired) electrons. The van der Waals surface area contributed by atoms with Gasteiger partial charge in [0, 0.05) is 18.6 Å². The number of hydrogen-bond acceptors (Lipinski definition) is 1. The van der Waals surface area contributed by atoms with Crippen LogP contribution >= 0.6 is 0 Å². The highest BCUT2D eigenvalue weighted by atomic mass is 16.5. The first-order valence-electron chi connectivity index (χ1n) is 7.35.